The average Bonchev–Trinajstić information content (AvgIpc) is 3.51. The average molecular weight is 322 g/mol. The number of methoxy groups -OCH3 is 2. The summed E-state index contributed by atoms with van der Waals surface area (Å²) in [6.07, 6.45) is 4.63. The van der Waals surface area contributed by atoms with Crippen LogP contribution in [0.2, 0.25) is 0 Å². The molecule has 2 aromatic carbocycles. The summed E-state index contributed by atoms with van der Waals surface area (Å²) >= 11 is 0. The van der Waals surface area contributed by atoms with Crippen LogP contribution in [0.4, 0.5) is 0 Å². The van der Waals surface area contributed by atoms with Gasteiger partial charge in [-0.25, -0.2) is 0 Å². The molecule has 3 nitrogen and oxygen atoms in total. The Labute approximate surface area is 142 Å². The molecule has 0 unspecified atom stereocenters. The first-order chi connectivity index (χ1) is 11.7. The Morgan fingerprint density at radius 2 is 1.21 bits per heavy atom. The summed E-state index contributed by atoms with van der Waals surface area (Å²) < 4.78 is 10.7. The number of rotatable bonds is 6. The predicted octanol–water partition coefficient (Wildman–Crippen LogP) is 4.69. The highest BCUT2D eigenvalue weighted by molar-refractivity contribution is 6.11. The lowest BCUT2D eigenvalue weighted by Gasteiger charge is -2.14. The van der Waals surface area contributed by atoms with E-state index in [1.54, 1.807) is 14.2 Å². The molecule has 2 fully saturated rings. The molecule has 24 heavy (non-hydrogen) atoms. The predicted molar refractivity (Wildman–Crippen MR) is 93.4 cm³/mol. The molecule has 124 valence electrons. The summed E-state index contributed by atoms with van der Waals surface area (Å²) in [5, 5.41) is 0. The van der Waals surface area contributed by atoms with Crippen LogP contribution in [-0.2, 0) is 0 Å². The zero-order valence-corrected chi connectivity index (χ0v) is 14.2. The molecule has 3 heteroatoms. The summed E-state index contributed by atoms with van der Waals surface area (Å²) in [5.41, 5.74) is 3.92. The quantitative estimate of drug-likeness (QED) is 0.724. The molecule has 0 spiro atoms. The SMILES string of the molecule is COc1ccc(C(=O)c2ccc(OC)cc2C2CC2)c(C2CC2)c1. The zero-order chi connectivity index (χ0) is 16.7. The van der Waals surface area contributed by atoms with Gasteiger partial charge in [0, 0.05) is 11.1 Å². The molecule has 0 atom stereocenters. The minimum Gasteiger partial charge on any atom is -0.497 e. The van der Waals surface area contributed by atoms with E-state index in [1.165, 1.54) is 0 Å². The molecule has 0 aromatic heterocycles. The van der Waals surface area contributed by atoms with Crippen molar-refractivity contribution >= 4 is 5.78 Å². The summed E-state index contributed by atoms with van der Waals surface area (Å²) in [6, 6.07) is 11.7. The molecular weight excluding hydrogens is 300 g/mol. The highest BCUT2D eigenvalue weighted by Crippen LogP contribution is 2.46. The van der Waals surface area contributed by atoms with Crippen LogP contribution >= 0.6 is 0 Å². The summed E-state index contributed by atoms with van der Waals surface area (Å²) in [5.74, 6) is 2.78. The third kappa shape index (κ3) is 2.79. The second-order valence-electron chi connectivity index (χ2n) is 6.78. The summed E-state index contributed by atoms with van der Waals surface area (Å²) in [6.45, 7) is 0. The van der Waals surface area contributed by atoms with Crippen LogP contribution in [0.3, 0.4) is 0 Å². The number of benzene rings is 2. The van der Waals surface area contributed by atoms with Crippen molar-refractivity contribution in [1.29, 1.82) is 0 Å². The molecule has 0 amide bonds. The highest BCUT2D eigenvalue weighted by atomic mass is 16.5. The van der Waals surface area contributed by atoms with Crippen LogP contribution in [0.1, 0.15) is 64.6 Å². The first-order valence-electron chi connectivity index (χ1n) is 8.62. The van der Waals surface area contributed by atoms with Gasteiger partial charge in [-0.1, -0.05) is 0 Å². The monoisotopic (exact) mass is 322 g/mol. The van der Waals surface area contributed by atoms with E-state index in [1.807, 2.05) is 36.4 Å². The van der Waals surface area contributed by atoms with E-state index in [0.29, 0.717) is 11.8 Å². The van der Waals surface area contributed by atoms with Gasteiger partial charge in [-0.2, -0.15) is 0 Å². The van der Waals surface area contributed by atoms with Gasteiger partial charge in [0.05, 0.1) is 14.2 Å². The van der Waals surface area contributed by atoms with Crippen LogP contribution in [0.5, 0.6) is 11.5 Å². The topological polar surface area (TPSA) is 35.5 Å². The van der Waals surface area contributed by atoms with Gasteiger partial charge in [-0.3, -0.25) is 4.79 Å². The number of ether oxygens (including phenoxy) is 2. The Bertz CT molecular complexity index is 720. The van der Waals surface area contributed by atoms with Gasteiger partial charge in [0.15, 0.2) is 5.78 Å². The summed E-state index contributed by atoms with van der Waals surface area (Å²) in [7, 11) is 3.34. The Morgan fingerprint density at radius 3 is 1.54 bits per heavy atom. The van der Waals surface area contributed by atoms with E-state index >= 15 is 0 Å². The third-order valence-electron chi connectivity index (χ3n) is 5.04. The van der Waals surface area contributed by atoms with Crippen molar-refractivity contribution in [3.8, 4) is 11.5 Å². The first-order valence-corrected chi connectivity index (χ1v) is 8.62. The molecule has 0 heterocycles. The van der Waals surface area contributed by atoms with E-state index in [0.717, 1.165) is 59.4 Å². The molecule has 0 bridgehead atoms. The van der Waals surface area contributed by atoms with Crippen molar-refractivity contribution in [2.45, 2.75) is 37.5 Å². The fourth-order valence-corrected chi connectivity index (χ4v) is 3.36. The van der Waals surface area contributed by atoms with Crippen molar-refractivity contribution in [3.63, 3.8) is 0 Å². The maximum atomic E-state index is 13.3. The van der Waals surface area contributed by atoms with Gasteiger partial charge < -0.3 is 9.47 Å². The van der Waals surface area contributed by atoms with E-state index < -0.39 is 0 Å². The summed E-state index contributed by atoms with van der Waals surface area (Å²) in [4.78, 5) is 13.3. The van der Waals surface area contributed by atoms with Crippen molar-refractivity contribution in [2.24, 2.45) is 0 Å². The Hall–Kier alpha value is -2.29. The van der Waals surface area contributed by atoms with E-state index in [-0.39, 0.29) is 5.78 Å². The van der Waals surface area contributed by atoms with Crippen LogP contribution in [0.15, 0.2) is 36.4 Å². The van der Waals surface area contributed by atoms with Gasteiger partial charge in [-0.05, 0) is 85.0 Å². The third-order valence-corrected chi connectivity index (χ3v) is 5.04. The van der Waals surface area contributed by atoms with Crippen molar-refractivity contribution in [3.05, 3.63) is 58.7 Å². The molecule has 0 radical (unpaired) electrons. The minimum absolute atomic E-state index is 0.129. The molecule has 2 aliphatic rings. The van der Waals surface area contributed by atoms with Gasteiger partial charge >= 0.3 is 0 Å². The lowest BCUT2D eigenvalue weighted by Crippen LogP contribution is -2.08. The first kappa shape index (κ1) is 15.3. The largest absolute Gasteiger partial charge is 0.497 e. The minimum atomic E-state index is 0.129. The molecule has 0 N–H and O–H groups in total. The fourth-order valence-electron chi connectivity index (χ4n) is 3.36. The molecule has 0 aliphatic heterocycles. The zero-order valence-electron chi connectivity index (χ0n) is 14.2. The van der Waals surface area contributed by atoms with Gasteiger partial charge in [0.2, 0.25) is 0 Å². The molecule has 4 rings (SSSR count). The fraction of sp³-hybridized carbons (Fsp3) is 0.381. The molecule has 2 aliphatic carbocycles. The van der Waals surface area contributed by atoms with Crippen LogP contribution in [0.25, 0.3) is 0 Å². The second kappa shape index (κ2) is 5.97. The molecule has 2 saturated carbocycles. The van der Waals surface area contributed by atoms with Gasteiger partial charge in [-0.15, -0.1) is 0 Å². The Balaban J connectivity index is 1.76. The van der Waals surface area contributed by atoms with Crippen molar-refractivity contribution in [1.82, 2.24) is 0 Å². The molecule has 0 saturated heterocycles. The lowest BCUT2D eigenvalue weighted by molar-refractivity contribution is 0.103. The van der Waals surface area contributed by atoms with Gasteiger partial charge in [0.25, 0.3) is 0 Å². The molecular formula is C21H22O3. The van der Waals surface area contributed by atoms with Crippen LogP contribution in [-0.4, -0.2) is 20.0 Å². The number of hydrogen-bond acceptors (Lipinski definition) is 3. The van der Waals surface area contributed by atoms with Crippen LogP contribution < -0.4 is 9.47 Å². The maximum absolute atomic E-state index is 13.3. The van der Waals surface area contributed by atoms with Crippen molar-refractivity contribution in [2.75, 3.05) is 14.2 Å². The van der Waals surface area contributed by atoms with E-state index in [9.17, 15) is 4.79 Å². The Kier molecular flexibility index (Phi) is 3.79. The number of ketones is 1. The van der Waals surface area contributed by atoms with E-state index in [4.69, 9.17) is 9.47 Å². The van der Waals surface area contributed by atoms with Gasteiger partial charge in [0.1, 0.15) is 11.5 Å². The standard InChI is InChI=1S/C21H22O3/c1-23-15-7-9-17(19(11-15)13-3-4-13)21(22)18-10-8-16(24-2)12-20(18)14-5-6-14/h7-14H,3-6H2,1-2H3. The number of carbonyl (C=O) groups is 1. The highest BCUT2D eigenvalue weighted by Gasteiger charge is 2.32. The number of carbonyl (C=O) groups excluding carboxylic acids is 1. The normalized spacial score (nSPS) is 16.8. The van der Waals surface area contributed by atoms with Crippen molar-refractivity contribution < 1.29 is 14.3 Å². The molecule has 2 aromatic rings. The van der Waals surface area contributed by atoms with Crippen LogP contribution in [0, 0.1) is 0 Å². The lowest BCUT2D eigenvalue weighted by atomic mass is 9.91. The second-order valence-corrected chi connectivity index (χ2v) is 6.78. The Morgan fingerprint density at radius 1 is 0.792 bits per heavy atom. The van der Waals surface area contributed by atoms with E-state index in [2.05, 4.69) is 0 Å². The number of hydrogen-bond donors (Lipinski definition) is 0. The smallest absolute Gasteiger partial charge is 0.193 e. The maximum Gasteiger partial charge on any atom is 0.193 e.